The van der Waals surface area contributed by atoms with E-state index >= 15 is 0 Å². The number of amides is 1. The number of pyridine rings is 1. The maximum atomic E-state index is 13.6. The normalized spacial score (nSPS) is 13.8. The van der Waals surface area contributed by atoms with Crippen molar-refractivity contribution in [2.45, 2.75) is 32.0 Å². The lowest BCUT2D eigenvalue weighted by Crippen LogP contribution is -2.49. The summed E-state index contributed by atoms with van der Waals surface area (Å²) in [4.78, 5) is 20.1. The summed E-state index contributed by atoms with van der Waals surface area (Å²) in [5, 5.41) is 3.56. The quantitative estimate of drug-likeness (QED) is 0.432. The molecule has 0 spiro atoms. The molecule has 1 amide bonds. The van der Waals surface area contributed by atoms with Gasteiger partial charge in [-0.05, 0) is 47.2 Å². The molecule has 1 aliphatic rings. The second-order valence-corrected chi connectivity index (χ2v) is 8.81. The molecule has 4 nitrogen and oxygen atoms in total. The molecule has 4 aromatic rings. The van der Waals surface area contributed by atoms with Gasteiger partial charge in [0.1, 0.15) is 0 Å². The van der Waals surface area contributed by atoms with Crippen LogP contribution in [0.2, 0.25) is 0 Å². The Bertz CT molecular complexity index is 1220. The Morgan fingerprint density at radius 3 is 2.32 bits per heavy atom. The van der Waals surface area contributed by atoms with E-state index in [-0.39, 0.29) is 11.9 Å². The van der Waals surface area contributed by atoms with Crippen LogP contribution in [0.4, 0.5) is 0 Å². The van der Waals surface area contributed by atoms with Crippen LogP contribution < -0.4 is 5.32 Å². The van der Waals surface area contributed by atoms with Crippen molar-refractivity contribution in [3.63, 3.8) is 0 Å². The van der Waals surface area contributed by atoms with E-state index in [0.29, 0.717) is 19.5 Å². The minimum Gasteiger partial charge on any atom is -0.337 e. The van der Waals surface area contributed by atoms with Gasteiger partial charge in [0.05, 0.1) is 11.7 Å². The zero-order chi connectivity index (χ0) is 23.2. The predicted molar refractivity (Wildman–Crippen MR) is 136 cm³/mol. The van der Waals surface area contributed by atoms with Crippen LogP contribution in [0.3, 0.4) is 0 Å². The lowest BCUT2D eigenvalue weighted by molar-refractivity contribution is -0.134. The molecular weight excluding hydrogens is 418 g/mol. The van der Waals surface area contributed by atoms with E-state index in [1.165, 1.54) is 11.1 Å². The van der Waals surface area contributed by atoms with Gasteiger partial charge < -0.3 is 10.2 Å². The topological polar surface area (TPSA) is 45.2 Å². The maximum Gasteiger partial charge on any atom is 0.240 e. The summed E-state index contributed by atoms with van der Waals surface area (Å²) in [7, 11) is 0. The first-order chi connectivity index (χ1) is 16.8. The Labute approximate surface area is 201 Å². The fourth-order valence-electron chi connectivity index (χ4n) is 4.57. The number of fused-ring (bicyclic) bond motifs is 1. The van der Waals surface area contributed by atoms with Crippen LogP contribution in [-0.4, -0.2) is 28.4 Å². The molecule has 34 heavy (non-hydrogen) atoms. The number of hydrogen-bond acceptors (Lipinski definition) is 3. The summed E-state index contributed by atoms with van der Waals surface area (Å²) in [6.07, 6.45) is 3.39. The number of benzene rings is 3. The first-order valence-electron chi connectivity index (χ1n) is 11.9. The number of aromatic nitrogens is 1. The van der Waals surface area contributed by atoms with Crippen LogP contribution in [0.5, 0.6) is 0 Å². The molecule has 1 N–H and O–H groups in total. The van der Waals surface area contributed by atoms with Crippen LogP contribution in [0, 0.1) is 0 Å². The molecule has 0 saturated heterocycles. The van der Waals surface area contributed by atoms with E-state index in [9.17, 15) is 4.79 Å². The van der Waals surface area contributed by atoms with Crippen molar-refractivity contribution < 1.29 is 4.79 Å². The van der Waals surface area contributed by atoms with Crippen molar-refractivity contribution >= 4 is 5.91 Å². The van der Waals surface area contributed by atoms with Gasteiger partial charge in [-0.2, -0.15) is 0 Å². The molecule has 1 aliphatic heterocycles. The fourth-order valence-corrected chi connectivity index (χ4v) is 4.57. The molecule has 0 saturated carbocycles. The minimum absolute atomic E-state index is 0.170. The smallest absolute Gasteiger partial charge is 0.240 e. The molecular formula is C30H29N3O. The highest BCUT2D eigenvalue weighted by Gasteiger charge is 2.27. The molecule has 0 bridgehead atoms. The average molecular weight is 448 g/mol. The third kappa shape index (κ3) is 5.24. The average Bonchev–Trinajstić information content (AvgIpc) is 2.92. The van der Waals surface area contributed by atoms with Crippen LogP contribution in [0.1, 0.15) is 22.3 Å². The van der Waals surface area contributed by atoms with E-state index in [4.69, 9.17) is 0 Å². The fraction of sp³-hybridized carbons (Fsp3) is 0.200. The number of nitrogens with zero attached hydrogens (tertiary/aromatic N) is 2. The molecule has 4 heteroatoms. The third-order valence-electron chi connectivity index (χ3n) is 6.49. The SMILES string of the molecule is O=C(C(Cc1ccccc1)NCc1ccc(-c2ccccn2)cc1)N1CCc2ccccc2C1. The monoisotopic (exact) mass is 447 g/mol. The highest BCUT2D eigenvalue weighted by atomic mass is 16.2. The summed E-state index contributed by atoms with van der Waals surface area (Å²) >= 11 is 0. The standard InChI is InChI=1S/C30H29N3O/c34-30(33-19-17-25-10-4-5-11-27(25)22-33)29(20-23-8-2-1-3-9-23)32-21-24-13-15-26(16-14-24)28-12-6-7-18-31-28/h1-16,18,29,32H,17,19-22H2. The lowest BCUT2D eigenvalue weighted by atomic mass is 9.98. The van der Waals surface area contributed by atoms with Crippen LogP contribution in [0.15, 0.2) is 103 Å². The number of hydrogen-bond donors (Lipinski definition) is 1. The van der Waals surface area contributed by atoms with Gasteiger partial charge in [-0.1, -0.05) is 84.9 Å². The predicted octanol–water partition coefficient (Wildman–Crippen LogP) is 5.03. The number of nitrogens with one attached hydrogen (secondary N) is 1. The van der Waals surface area contributed by atoms with Crippen molar-refractivity contribution in [2.75, 3.05) is 6.54 Å². The zero-order valence-electron chi connectivity index (χ0n) is 19.2. The molecule has 5 rings (SSSR count). The number of carbonyl (C=O) groups excluding carboxylic acids is 1. The number of carbonyl (C=O) groups is 1. The van der Waals surface area contributed by atoms with Crippen molar-refractivity contribution in [1.29, 1.82) is 0 Å². The summed E-state index contributed by atoms with van der Waals surface area (Å²) in [5.74, 6) is 0.170. The lowest BCUT2D eigenvalue weighted by Gasteiger charge is -2.32. The minimum atomic E-state index is -0.275. The van der Waals surface area contributed by atoms with Crippen molar-refractivity contribution in [3.8, 4) is 11.3 Å². The van der Waals surface area contributed by atoms with Gasteiger partial charge >= 0.3 is 0 Å². The summed E-state index contributed by atoms with van der Waals surface area (Å²) in [6.45, 7) is 2.08. The summed E-state index contributed by atoms with van der Waals surface area (Å²) < 4.78 is 0. The van der Waals surface area contributed by atoms with E-state index in [1.54, 1.807) is 0 Å². The van der Waals surface area contributed by atoms with Crippen molar-refractivity contribution in [2.24, 2.45) is 0 Å². The molecule has 2 heterocycles. The van der Waals surface area contributed by atoms with E-state index in [1.807, 2.05) is 47.5 Å². The zero-order valence-corrected chi connectivity index (χ0v) is 19.2. The van der Waals surface area contributed by atoms with Gasteiger partial charge in [0, 0.05) is 31.4 Å². The molecule has 0 radical (unpaired) electrons. The highest BCUT2D eigenvalue weighted by molar-refractivity contribution is 5.82. The Hall–Kier alpha value is -3.76. The summed E-state index contributed by atoms with van der Waals surface area (Å²) in [5.41, 5.74) is 6.97. The second kappa shape index (κ2) is 10.4. The van der Waals surface area contributed by atoms with Crippen molar-refractivity contribution in [3.05, 3.63) is 126 Å². The molecule has 170 valence electrons. The van der Waals surface area contributed by atoms with E-state index < -0.39 is 0 Å². The third-order valence-corrected chi connectivity index (χ3v) is 6.49. The first kappa shape index (κ1) is 22.1. The van der Waals surface area contributed by atoms with Crippen LogP contribution in [-0.2, 0) is 30.7 Å². The Kier molecular flexibility index (Phi) is 6.78. The van der Waals surface area contributed by atoms with Crippen LogP contribution >= 0.6 is 0 Å². The first-order valence-corrected chi connectivity index (χ1v) is 11.9. The Balaban J connectivity index is 1.29. The van der Waals surface area contributed by atoms with Gasteiger partial charge in [-0.3, -0.25) is 9.78 Å². The highest BCUT2D eigenvalue weighted by Crippen LogP contribution is 2.21. The second-order valence-electron chi connectivity index (χ2n) is 8.81. The van der Waals surface area contributed by atoms with Gasteiger partial charge in [-0.25, -0.2) is 0 Å². The molecule has 1 atom stereocenters. The molecule has 1 unspecified atom stereocenters. The Morgan fingerprint density at radius 1 is 0.824 bits per heavy atom. The molecule has 3 aromatic carbocycles. The molecule has 1 aromatic heterocycles. The molecule has 0 fully saturated rings. The van der Waals surface area contributed by atoms with Crippen LogP contribution in [0.25, 0.3) is 11.3 Å². The van der Waals surface area contributed by atoms with Crippen molar-refractivity contribution in [1.82, 2.24) is 15.2 Å². The van der Waals surface area contributed by atoms with Gasteiger partial charge in [-0.15, -0.1) is 0 Å². The Morgan fingerprint density at radius 2 is 1.56 bits per heavy atom. The van der Waals surface area contributed by atoms with Gasteiger partial charge in [0.25, 0.3) is 0 Å². The van der Waals surface area contributed by atoms with Gasteiger partial charge in [0.2, 0.25) is 5.91 Å². The summed E-state index contributed by atoms with van der Waals surface area (Å²) in [6, 6.07) is 32.8. The van der Waals surface area contributed by atoms with E-state index in [2.05, 4.69) is 71.0 Å². The number of rotatable bonds is 7. The molecule has 0 aliphatic carbocycles. The van der Waals surface area contributed by atoms with E-state index in [0.717, 1.165) is 35.3 Å². The van der Waals surface area contributed by atoms with Gasteiger partial charge in [0.15, 0.2) is 0 Å². The maximum absolute atomic E-state index is 13.6. The largest absolute Gasteiger partial charge is 0.337 e.